The molecule has 0 saturated carbocycles. The lowest BCUT2D eigenvalue weighted by atomic mass is 10.0. The van der Waals surface area contributed by atoms with Crippen molar-refractivity contribution in [1.82, 2.24) is 9.80 Å². The van der Waals surface area contributed by atoms with Crippen molar-refractivity contribution in [2.75, 3.05) is 40.0 Å². The van der Waals surface area contributed by atoms with Gasteiger partial charge in [-0.15, -0.1) is 0 Å². The van der Waals surface area contributed by atoms with Gasteiger partial charge in [0.05, 0.1) is 6.42 Å². The van der Waals surface area contributed by atoms with Crippen LogP contribution in [0.25, 0.3) is 17.2 Å². The molecular weight excluding hydrogens is 423 g/mol. The van der Waals surface area contributed by atoms with Crippen LogP contribution in [-0.4, -0.2) is 59.9 Å². The van der Waals surface area contributed by atoms with Gasteiger partial charge in [-0.3, -0.25) is 9.00 Å². The number of allylic oxidation sites excluding steroid dienone is 2. The van der Waals surface area contributed by atoms with Gasteiger partial charge < -0.3 is 9.80 Å². The minimum absolute atomic E-state index is 0.0509. The second-order valence-electron chi connectivity index (χ2n) is 8.33. The third-order valence-electron chi connectivity index (χ3n) is 5.86. The van der Waals surface area contributed by atoms with E-state index in [9.17, 15) is 13.4 Å². The molecule has 0 bridgehead atoms. The summed E-state index contributed by atoms with van der Waals surface area (Å²) in [4.78, 5) is 17.8. The largest absolute Gasteiger partial charge is 0.341 e. The Morgan fingerprint density at radius 1 is 1.06 bits per heavy atom. The summed E-state index contributed by atoms with van der Waals surface area (Å²) in [5.74, 6) is -0.257. The van der Waals surface area contributed by atoms with Crippen LogP contribution in [0.1, 0.15) is 37.0 Å². The fourth-order valence-corrected chi connectivity index (χ4v) is 4.47. The number of rotatable bonds is 8. The lowest BCUT2D eigenvalue weighted by Gasteiger charge is -2.23. The lowest BCUT2D eigenvalue weighted by molar-refractivity contribution is -0.130. The highest BCUT2D eigenvalue weighted by Crippen LogP contribution is 2.44. The molecule has 32 heavy (non-hydrogen) atoms. The maximum absolute atomic E-state index is 14.1. The molecule has 4 nitrogen and oxygen atoms in total. The molecular formula is C26H31FN2O2S. The van der Waals surface area contributed by atoms with Crippen LogP contribution < -0.4 is 0 Å². The predicted molar refractivity (Wildman–Crippen MR) is 131 cm³/mol. The van der Waals surface area contributed by atoms with Gasteiger partial charge in [-0.05, 0) is 91.7 Å². The van der Waals surface area contributed by atoms with E-state index in [2.05, 4.69) is 11.0 Å². The highest BCUT2D eigenvalue weighted by atomic mass is 32.2. The molecule has 2 aromatic carbocycles. The van der Waals surface area contributed by atoms with E-state index in [4.69, 9.17) is 0 Å². The number of carbonyl (C=O) groups is 1. The Labute approximate surface area is 192 Å². The number of likely N-dealkylation sites (N-methyl/N-ethyl adjacent to an activating group) is 2. The highest BCUT2D eigenvalue weighted by molar-refractivity contribution is 7.84. The average molecular weight is 455 g/mol. The van der Waals surface area contributed by atoms with Crippen LogP contribution in [0.2, 0.25) is 0 Å². The van der Waals surface area contributed by atoms with Crippen LogP contribution in [-0.2, 0) is 15.6 Å². The number of hydrogen-bond donors (Lipinski definition) is 0. The molecule has 0 fully saturated rings. The molecule has 170 valence electrons. The van der Waals surface area contributed by atoms with Crippen molar-refractivity contribution >= 4 is 33.9 Å². The van der Waals surface area contributed by atoms with Crippen molar-refractivity contribution in [1.29, 1.82) is 0 Å². The summed E-state index contributed by atoms with van der Waals surface area (Å²) in [7, 11) is 2.95. The van der Waals surface area contributed by atoms with E-state index in [1.807, 2.05) is 57.1 Å². The van der Waals surface area contributed by atoms with E-state index in [0.29, 0.717) is 13.1 Å². The summed E-state index contributed by atoms with van der Waals surface area (Å²) in [6.45, 7) is 6.08. The van der Waals surface area contributed by atoms with Crippen LogP contribution in [0, 0.1) is 5.82 Å². The van der Waals surface area contributed by atoms with Crippen molar-refractivity contribution in [2.24, 2.45) is 0 Å². The van der Waals surface area contributed by atoms with Crippen LogP contribution in [0.15, 0.2) is 52.9 Å². The molecule has 3 rings (SSSR count). The minimum Gasteiger partial charge on any atom is -0.341 e. The Hall–Kier alpha value is -2.57. The summed E-state index contributed by atoms with van der Waals surface area (Å²) in [6.07, 6.45) is 3.95. The molecule has 0 spiro atoms. The maximum Gasteiger partial charge on any atom is 0.227 e. The van der Waals surface area contributed by atoms with Crippen molar-refractivity contribution in [3.05, 3.63) is 70.5 Å². The molecule has 0 heterocycles. The van der Waals surface area contributed by atoms with Crippen LogP contribution >= 0.6 is 0 Å². The third-order valence-corrected chi connectivity index (χ3v) is 6.79. The van der Waals surface area contributed by atoms with Crippen molar-refractivity contribution in [2.45, 2.75) is 25.2 Å². The number of benzene rings is 2. The van der Waals surface area contributed by atoms with Gasteiger partial charge in [-0.25, -0.2) is 4.39 Å². The molecule has 1 amide bonds. The number of nitrogens with zero attached hydrogens (tertiary/aromatic N) is 2. The summed E-state index contributed by atoms with van der Waals surface area (Å²) < 4.78 is 25.8. The molecule has 0 aromatic heterocycles. The number of amides is 1. The number of carbonyl (C=O) groups excluding carboxylic acids is 1. The summed E-state index contributed by atoms with van der Waals surface area (Å²) >= 11 is 0. The molecule has 1 aliphatic carbocycles. The van der Waals surface area contributed by atoms with Gasteiger partial charge in [0, 0.05) is 41.6 Å². The van der Waals surface area contributed by atoms with E-state index in [0.717, 1.165) is 44.8 Å². The summed E-state index contributed by atoms with van der Waals surface area (Å²) in [5.41, 5.74) is 5.56. The van der Waals surface area contributed by atoms with Gasteiger partial charge in [0.25, 0.3) is 0 Å². The van der Waals surface area contributed by atoms with Gasteiger partial charge >= 0.3 is 0 Å². The van der Waals surface area contributed by atoms with Gasteiger partial charge in [0.1, 0.15) is 5.82 Å². The smallest absolute Gasteiger partial charge is 0.227 e. The SMILES string of the molecule is CCN(CCN(C)C)C(=O)CC1=C(C)/C(=C/c2ccc(S(C)=O)cc2)c2ccc(F)cc21. The molecule has 1 unspecified atom stereocenters. The Balaban J connectivity index is 1.96. The molecule has 0 N–H and O–H groups in total. The normalized spacial score (nSPS) is 15.4. The zero-order chi connectivity index (χ0) is 23.4. The molecule has 0 radical (unpaired) electrons. The van der Waals surface area contributed by atoms with Gasteiger partial charge in [0.15, 0.2) is 0 Å². The molecule has 6 heteroatoms. The first kappa shape index (κ1) is 24.1. The first-order valence-corrected chi connectivity index (χ1v) is 12.3. The molecule has 1 atom stereocenters. The Morgan fingerprint density at radius 3 is 2.34 bits per heavy atom. The van der Waals surface area contributed by atoms with Gasteiger partial charge in [-0.2, -0.15) is 0 Å². The van der Waals surface area contributed by atoms with E-state index >= 15 is 0 Å². The molecule has 2 aromatic rings. The van der Waals surface area contributed by atoms with Crippen LogP contribution in [0.4, 0.5) is 4.39 Å². The summed E-state index contributed by atoms with van der Waals surface area (Å²) in [6, 6.07) is 12.4. The van der Waals surface area contributed by atoms with E-state index < -0.39 is 10.8 Å². The van der Waals surface area contributed by atoms with E-state index in [1.165, 1.54) is 12.1 Å². The van der Waals surface area contributed by atoms with Gasteiger partial charge in [0.2, 0.25) is 5.91 Å². The number of halogens is 1. The minimum atomic E-state index is -1.03. The maximum atomic E-state index is 14.1. The van der Waals surface area contributed by atoms with E-state index in [-0.39, 0.29) is 18.1 Å². The fourth-order valence-electron chi connectivity index (χ4n) is 3.95. The van der Waals surface area contributed by atoms with Crippen molar-refractivity contribution in [3.63, 3.8) is 0 Å². The second-order valence-corrected chi connectivity index (χ2v) is 9.71. The first-order valence-electron chi connectivity index (χ1n) is 10.8. The molecule has 0 aliphatic heterocycles. The average Bonchev–Trinajstić information content (AvgIpc) is 2.99. The topological polar surface area (TPSA) is 40.6 Å². The number of fused-ring (bicyclic) bond motifs is 1. The fraction of sp³-hybridized carbons (Fsp3) is 0.346. The highest BCUT2D eigenvalue weighted by Gasteiger charge is 2.27. The van der Waals surface area contributed by atoms with Crippen LogP contribution in [0.3, 0.4) is 0 Å². The third kappa shape index (κ3) is 5.43. The zero-order valence-electron chi connectivity index (χ0n) is 19.4. The molecule has 1 aliphatic rings. The van der Waals surface area contributed by atoms with E-state index in [1.54, 1.807) is 12.3 Å². The number of hydrogen-bond acceptors (Lipinski definition) is 3. The predicted octanol–water partition coefficient (Wildman–Crippen LogP) is 4.69. The van der Waals surface area contributed by atoms with Crippen molar-refractivity contribution in [3.8, 4) is 0 Å². The lowest BCUT2D eigenvalue weighted by Crippen LogP contribution is -2.36. The summed E-state index contributed by atoms with van der Waals surface area (Å²) in [5, 5.41) is 0. The second kappa shape index (κ2) is 10.4. The Kier molecular flexibility index (Phi) is 7.80. The molecule has 0 saturated heterocycles. The first-order chi connectivity index (χ1) is 15.2. The Bertz CT molecular complexity index is 1090. The van der Waals surface area contributed by atoms with Gasteiger partial charge in [-0.1, -0.05) is 18.2 Å². The Morgan fingerprint density at radius 2 is 1.75 bits per heavy atom. The quantitative estimate of drug-likeness (QED) is 0.581. The van der Waals surface area contributed by atoms with Crippen LogP contribution in [0.5, 0.6) is 0 Å². The monoisotopic (exact) mass is 454 g/mol. The standard InChI is InChI=1S/C26H31FN2O2S/c1-6-29(14-13-28(3)4)26(30)17-24-18(2)23(22-12-9-20(27)16-25(22)24)15-19-7-10-21(11-8-19)32(5)31/h7-12,15-16H,6,13-14,17H2,1-5H3/b23-15-. The van der Waals surface area contributed by atoms with Crippen molar-refractivity contribution < 1.29 is 13.4 Å². The zero-order valence-corrected chi connectivity index (χ0v) is 20.3.